The number of carbonyl (C=O) groups excluding carboxylic acids is 1. The maximum absolute atomic E-state index is 12.5. The van der Waals surface area contributed by atoms with Crippen molar-refractivity contribution in [1.29, 1.82) is 0 Å². The number of ketones is 1. The van der Waals surface area contributed by atoms with Crippen LogP contribution in [-0.4, -0.2) is 151 Å². The first-order valence-electron chi connectivity index (χ1n) is 19.7. The average molecular weight is 769 g/mol. The van der Waals surface area contributed by atoms with Crippen molar-refractivity contribution in [3.05, 3.63) is 23.3 Å². The van der Waals surface area contributed by atoms with Gasteiger partial charge >= 0.3 is 0 Å². The summed E-state index contributed by atoms with van der Waals surface area (Å²) in [5.41, 5.74) is 2.14. The number of aliphatic hydroxyl groups excluding tert-OH is 8. The molecule has 306 valence electrons. The maximum Gasteiger partial charge on any atom is 0.187 e. The zero-order valence-corrected chi connectivity index (χ0v) is 31.7. The largest absolute Gasteiger partial charge is 0.394 e. The molecule has 15 nitrogen and oxygen atoms in total. The number of carbonyl (C=O) groups is 1. The second kappa shape index (κ2) is 15.4. The van der Waals surface area contributed by atoms with Gasteiger partial charge in [0.15, 0.2) is 24.7 Å². The molecule has 0 bridgehead atoms. The first-order valence-corrected chi connectivity index (χ1v) is 19.7. The van der Waals surface area contributed by atoms with E-state index in [0.29, 0.717) is 30.6 Å². The highest BCUT2D eigenvalue weighted by atomic mass is 16.8. The summed E-state index contributed by atoms with van der Waals surface area (Å²) in [6, 6.07) is 0. The average Bonchev–Trinajstić information content (AvgIpc) is 3.50. The van der Waals surface area contributed by atoms with Gasteiger partial charge in [0, 0.05) is 0 Å². The first-order chi connectivity index (χ1) is 25.5. The van der Waals surface area contributed by atoms with Crippen LogP contribution in [0.15, 0.2) is 23.3 Å². The SMILES string of the molecule is CC(=O)C1=CCC2C3CC=C4C[C@@H](O[C@@H]5O[C@H](CO)[C@@H](O[C@@H]6O[C@@H](C)[C@@H](O)[C@@H](O)[C@H]6O)[C@H](O)[C@H]5O[C@@H]5O[C@@H](C)[C@@H](O)[C@@H](O)[C@H]5O)CC[C@]4(C)C3CC[C@]12C. The Balaban J connectivity index is 1.10. The fourth-order valence-electron chi connectivity index (χ4n) is 11.1. The van der Waals surface area contributed by atoms with Crippen LogP contribution >= 0.6 is 0 Å². The third kappa shape index (κ3) is 6.87. The van der Waals surface area contributed by atoms with Gasteiger partial charge in [-0.15, -0.1) is 0 Å². The Bertz CT molecular complexity index is 1440. The molecule has 3 aliphatic heterocycles. The zero-order valence-electron chi connectivity index (χ0n) is 31.7. The molecular weight excluding hydrogens is 708 g/mol. The van der Waals surface area contributed by atoms with Gasteiger partial charge in [0.2, 0.25) is 0 Å². The summed E-state index contributed by atoms with van der Waals surface area (Å²) in [6.07, 6.45) is -11.4. The monoisotopic (exact) mass is 768 g/mol. The van der Waals surface area contributed by atoms with Crippen LogP contribution in [0.5, 0.6) is 0 Å². The molecule has 0 aromatic rings. The van der Waals surface area contributed by atoms with E-state index in [0.717, 1.165) is 37.7 Å². The Kier molecular flexibility index (Phi) is 11.6. The Morgan fingerprint density at radius 2 is 1.30 bits per heavy atom. The molecule has 3 saturated heterocycles. The second-order valence-corrected chi connectivity index (χ2v) is 17.4. The molecule has 0 aromatic carbocycles. The molecule has 2 saturated carbocycles. The van der Waals surface area contributed by atoms with Gasteiger partial charge in [0.05, 0.1) is 24.9 Å². The van der Waals surface area contributed by atoms with Crippen molar-refractivity contribution in [2.24, 2.45) is 28.6 Å². The Labute approximate surface area is 315 Å². The van der Waals surface area contributed by atoms with Gasteiger partial charge in [0.1, 0.15) is 61.0 Å². The van der Waals surface area contributed by atoms with Gasteiger partial charge in [-0.05, 0) is 99.9 Å². The van der Waals surface area contributed by atoms with Crippen LogP contribution in [0.4, 0.5) is 0 Å². The summed E-state index contributed by atoms with van der Waals surface area (Å²) >= 11 is 0. The van der Waals surface area contributed by atoms with Crippen LogP contribution in [-0.2, 0) is 33.2 Å². The van der Waals surface area contributed by atoms with Crippen molar-refractivity contribution in [2.45, 2.75) is 178 Å². The number of hydrogen-bond acceptors (Lipinski definition) is 15. The van der Waals surface area contributed by atoms with Gasteiger partial charge < -0.3 is 69.3 Å². The van der Waals surface area contributed by atoms with Crippen LogP contribution < -0.4 is 0 Å². The number of rotatable bonds is 8. The standard InChI is InChI=1S/C39H60O15/c1-16(41)22-8-9-23-21-7-6-19-14-20(10-12-38(19,4)24(21)11-13-39(22,23)5)51-37-34(54-36-31(47)29(45)27(43)18(3)50-36)32(48)33(25(15-40)52-37)53-35-30(46)28(44)26(42)17(2)49-35/h6,8,17-18,20-21,23-37,40,42-48H,7,9-15H2,1-5H3/t17-,18-,20-,21?,23?,24?,25+,26+,27+,28+,29+,30+,31+,32-,33+,34+,35-,36-,37+,38-,39+/m0/s1. The second-order valence-electron chi connectivity index (χ2n) is 17.4. The number of ether oxygens (including phenoxy) is 6. The fourth-order valence-corrected chi connectivity index (χ4v) is 11.1. The molecule has 3 heterocycles. The van der Waals surface area contributed by atoms with E-state index in [2.05, 4.69) is 26.0 Å². The lowest BCUT2D eigenvalue weighted by Crippen LogP contribution is -2.66. The number of allylic oxidation sites excluding steroid dienone is 3. The van der Waals surface area contributed by atoms with E-state index in [1.54, 1.807) is 6.92 Å². The van der Waals surface area contributed by atoms with E-state index in [1.807, 2.05) is 0 Å². The van der Waals surface area contributed by atoms with Crippen molar-refractivity contribution in [1.82, 2.24) is 0 Å². The molecule has 0 amide bonds. The molecule has 21 atom stereocenters. The van der Waals surface area contributed by atoms with Gasteiger partial charge in [-0.2, -0.15) is 0 Å². The minimum atomic E-state index is -1.71. The minimum Gasteiger partial charge on any atom is -0.394 e. The van der Waals surface area contributed by atoms with Gasteiger partial charge in [-0.25, -0.2) is 0 Å². The lowest BCUT2D eigenvalue weighted by Gasteiger charge is -2.58. The van der Waals surface area contributed by atoms with Crippen molar-refractivity contribution in [3.8, 4) is 0 Å². The molecule has 7 rings (SSSR count). The number of hydrogen-bond donors (Lipinski definition) is 8. The van der Waals surface area contributed by atoms with Crippen LogP contribution in [0.2, 0.25) is 0 Å². The normalized spacial score (nSPS) is 53.5. The molecule has 3 unspecified atom stereocenters. The summed E-state index contributed by atoms with van der Waals surface area (Å²) in [4.78, 5) is 12.5. The fraction of sp³-hybridized carbons (Fsp3) is 0.872. The minimum absolute atomic E-state index is 0.0538. The molecule has 5 fully saturated rings. The highest BCUT2D eigenvalue weighted by Gasteiger charge is 2.59. The summed E-state index contributed by atoms with van der Waals surface area (Å²) in [5, 5.41) is 85.2. The molecule has 54 heavy (non-hydrogen) atoms. The third-order valence-corrected chi connectivity index (χ3v) is 14.3. The molecule has 0 spiro atoms. The summed E-state index contributed by atoms with van der Waals surface area (Å²) in [5.74, 6) is 1.53. The topological polar surface area (TPSA) is 234 Å². The Morgan fingerprint density at radius 1 is 0.704 bits per heavy atom. The van der Waals surface area contributed by atoms with E-state index < -0.39 is 98.7 Å². The van der Waals surface area contributed by atoms with Gasteiger partial charge in [0.25, 0.3) is 0 Å². The van der Waals surface area contributed by atoms with E-state index >= 15 is 0 Å². The highest BCUT2D eigenvalue weighted by molar-refractivity contribution is 5.95. The van der Waals surface area contributed by atoms with E-state index in [1.165, 1.54) is 19.4 Å². The van der Waals surface area contributed by atoms with Crippen LogP contribution in [0.3, 0.4) is 0 Å². The molecule has 4 aliphatic carbocycles. The molecule has 8 N–H and O–H groups in total. The van der Waals surface area contributed by atoms with E-state index in [4.69, 9.17) is 28.4 Å². The number of Topliss-reactive ketones (excluding diaryl/α,β-unsaturated/α-hetero) is 1. The van der Waals surface area contributed by atoms with Crippen LogP contribution in [0, 0.1) is 28.6 Å². The van der Waals surface area contributed by atoms with Crippen molar-refractivity contribution >= 4 is 5.78 Å². The lowest BCUT2D eigenvalue weighted by atomic mass is 9.47. The van der Waals surface area contributed by atoms with Crippen LogP contribution in [0.25, 0.3) is 0 Å². The Hall–Kier alpha value is -1.41. The van der Waals surface area contributed by atoms with Crippen molar-refractivity contribution in [2.75, 3.05) is 6.61 Å². The quantitative estimate of drug-likeness (QED) is 0.152. The van der Waals surface area contributed by atoms with Crippen LogP contribution in [0.1, 0.15) is 79.6 Å². The first kappa shape index (κ1) is 40.8. The smallest absolute Gasteiger partial charge is 0.187 e. The Morgan fingerprint density at radius 3 is 1.89 bits per heavy atom. The summed E-state index contributed by atoms with van der Waals surface area (Å²) in [6.45, 7) is 8.62. The summed E-state index contributed by atoms with van der Waals surface area (Å²) in [7, 11) is 0. The molecule has 15 heteroatoms. The lowest BCUT2D eigenvalue weighted by molar-refractivity contribution is -0.388. The van der Waals surface area contributed by atoms with Gasteiger partial charge in [-0.1, -0.05) is 31.6 Å². The van der Waals surface area contributed by atoms with Crippen molar-refractivity contribution in [3.63, 3.8) is 0 Å². The zero-order chi connectivity index (χ0) is 39.0. The molecule has 7 aliphatic rings. The molecule has 0 aromatic heterocycles. The highest BCUT2D eigenvalue weighted by Crippen LogP contribution is 2.65. The molecule has 0 radical (unpaired) electrons. The predicted molar refractivity (Wildman–Crippen MR) is 187 cm³/mol. The predicted octanol–water partition coefficient (Wildman–Crippen LogP) is -0.0368. The molecular formula is C39H60O15. The maximum atomic E-state index is 12.5. The third-order valence-electron chi connectivity index (χ3n) is 14.3. The van der Waals surface area contributed by atoms with E-state index in [9.17, 15) is 45.6 Å². The number of aliphatic hydroxyl groups is 8. The van der Waals surface area contributed by atoms with E-state index in [-0.39, 0.29) is 22.7 Å². The van der Waals surface area contributed by atoms with Crippen molar-refractivity contribution < 1.29 is 74.1 Å². The number of fused-ring (bicyclic) bond motifs is 5. The van der Waals surface area contributed by atoms with Gasteiger partial charge in [-0.3, -0.25) is 4.79 Å². The summed E-state index contributed by atoms with van der Waals surface area (Å²) < 4.78 is 36.2.